The molecule has 0 unspecified atom stereocenters. The summed E-state index contributed by atoms with van der Waals surface area (Å²) >= 11 is 0. The van der Waals surface area contributed by atoms with Gasteiger partial charge in [0.05, 0.1) is 19.6 Å². The van der Waals surface area contributed by atoms with Crippen molar-refractivity contribution in [3.8, 4) is 5.75 Å². The fourth-order valence-electron chi connectivity index (χ4n) is 1.19. The molecule has 1 aromatic rings. The van der Waals surface area contributed by atoms with Crippen molar-refractivity contribution >= 4 is 5.91 Å². The molecule has 1 amide bonds. The van der Waals surface area contributed by atoms with E-state index in [-0.39, 0.29) is 19.6 Å². The van der Waals surface area contributed by atoms with Crippen LogP contribution in [0.15, 0.2) is 12.1 Å². The number of aliphatic hydroxyl groups is 1. The summed E-state index contributed by atoms with van der Waals surface area (Å²) in [4.78, 5) is 10.5. The van der Waals surface area contributed by atoms with Gasteiger partial charge in [0.25, 0.3) is 0 Å². The summed E-state index contributed by atoms with van der Waals surface area (Å²) in [6.07, 6.45) is 0.187. The summed E-state index contributed by atoms with van der Waals surface area (Å²) in [5, 5.41) is 8.94. The van der Waals surface area contributed by atoms with Crippen LogP contribution in [0, 0.1) is 13.0 Å². The Balaban J connectivity index is 2.60. The van der Waals surface area contributed by atoms with Crippen molar-refractivity contribution < 1.29 is 14.6 Å². The minimum absolute atomic E-state index is 0.0755. The first kappa shape index (κ1) is 11.5. The van der Waals surface area contributed by atoms with E-state index in [0.29, 0.717) is 11.3 Å². The highest BCUT2D eigenvalue weighted by atomic mass is 16.5. The fraction of sp³-hybridized carbons (Fsp3) is 0.364. The van der Waals surface area contributed by atoms with Gasteiger partial charge in [0.2, 0.25) is 5.91 Å². The van der Waals surface area contributed by atoms with Crippen LogP contribution in [-0.4, -0.2) is 17.6 Å². The molecule has 0 heterocycles. The Morgan fingerprint density at radius 3 is 2.93 bits per heavy atom. The number of carbonyl (C=O) groups is 1. The molecule has 0 aromatic heterocycles. The summed E-state index contributed by atoms with van der Waals surface area (Å²) in [5.41, 5.74) is 6.53. The van der Waals surface area contributed by atoms with E-state index in [0.717, 1.165) is 5.56 Å². The van der Waals surface area contributed by atoms with Gasteiger partial charge in [-0.1, -0.05) is 0 Å². The van der Waals surface area contributed by atoms with Crippen LogP contribution in [-0.2, 0) is 11.4 Å². The number of amides is 1. The van der Waals surface area contributed by atoms with Gasteiger partial charge in [0, 0.05) is 0 Å². The Labute approximate surface area is 88.7 Å². The smallest absolute Gasteiger partial charge is 0.220 e. The van der Waals surface area contributed by atoms with Crippen LogP contribution in [0.25, 0.3) is 0 Å². The zero-order valence-corrected chi connectivity index (χ0v) is 8.62. The first-order valence-corrected chi connectivity index (χ1v) is 4.66. The van der Waals surface area contributed by atoms with Gasteiger partial charge in [0.15, 0.2) is 0 Å². The molecule has 0 saturated carbocycles. The molecular weight excluding hydrogens is 194 g/mol. The lowest BCUT2D eigenvalue weighted by molar-refractivity contribution is -0.118. The van der Waals surface area contributed by atoms with E-state index in [1.54, 1.807) is 12.1 Å². The summed E-state index contributed by atoms with van der Waals surface area (Å²) in [6.45, 7) is 2.04. The van der Waals surface area contributed by atoms with Crippen molar-refractivity contribution in [1.29, 1.82) is 0 Å². The van der Waals surface area contributed by atoms with E-state index >= 15 is 0 Å². The standard InChI is InChI=1S/C11H14NO3/c1-8-4-9(7-13)6-10(5-8)15-3-2-11(12)14/h5-6,13H,2-3,7H2,1H3,(H2,12,14). The van der Waals surface area contributed by atoms with Gasteiger partial charge in [-0.3, -0.25) is 4.79 Å². The number of benzene rings is 1. The molecule has 0 fully saturated rings. The average Bonchev–Trinajstić information content (AvgIpc) is 2.16. The lowest BCUT2D eigenvalue weighted by atomic mass is 10.1. The fourth-order valence-corrected chi connectivity index (χ4v) is 1.19. The van der Waals surface area contributed by atoms with Crippen molar-refractivity contribution in [2.24, 2.45) is 5.73 Å². The third kappa shape index (κ3) is 3.99. The normalized spacial score (nSPS) is 10.0. The lowest BCUT2D eigenvalue weighted by Gasteiger charge is -2.07. The zero-order chi connectivity index (χ0) is 11.3. The van der Waals surface area contributed by atoms with Crippen molar-refractivity contribution in [2.45, 2.75) is 20.0 Å². The molecule has 1 radical (unpaired) electrons. The van der Waals surface area contributed by atoms with Gasteiger partial charge in [-0.2, -0.15) is 0 Å². The number of carbonyl (C=O) groups excluding carboxylic acids is 1. The highest BCUT2D eigenvalue weighted by molar-refractivity contribution is 5.73. The maximum absolute atomic E-state index is 10.5. The van der Waals surface area contributed by atoms with Crippen LogP contribution in [0.3, 0.4) is 0 Å². The summed E-state index contributed by atoms with van der Waals surface area (Å²) in [7, 11) is 0. The Morgan fingerprint density at radius 1 is 1.60 bits per heavy atom. The van der Waals surface area contributed by atoms with Crippen LogP contribution >= 0.6 is 0 Å². The minimum Gasteiger partial charge on any atom is -0.493 e. The topological polar surface area (TPSA) is 72.6 Å². The largest absolute Gasteiger partial charge is 0.493 e. The van der Waals surface area contributed by atoms with Gasteiger partial charge in [-0.15, -0.1) is 0 Å². The van der Waals surface area contributed by atoms with Crippen molar-refractivity contribution in [2.75, 3.05) is 6.61 Å². The number of aliphatic hydroxyl groups excluding tert-OH is 1. The van der Waals surface area contributed by atoms with E-state index in [1.807, 2.05) is 6.92 Å². The van der Waals surface area contributed by atoms with Crippen LogP contribution in [0.2, 0.25) is 0 Å². The second-order valence-electron chi connectivity index (χ2n) is 3.25. The van der Waals surface area contributed by atoms with Crippen LogP contribution in [0.5, 0.6) is 5.75 Å². The second kappa shape index (κ2) is 5.36. The molecule has 81 valence electrons. The summed E-state index contributed by atoms with van der Waals surface area (Å²) in [6, 6.07) is 6.46. The number of hydrogen-bond acceptors (Lipinski definition) is 3. The molecule has 1 rings (SSSR count). The van der Waals surface area contributed by atoms with Gasteiger partial charge < -0.3 is 15.6 Å². The first-order valence-electron chi connectivity index (χ1n) is 4.66. The Kier molecular flexibility index (Phi) is 4.12. The molecule has 1 aromatic carbocycles. The SMILES string of the molecule is Cc1[c]c(CO)cc(OCCC(N)=O)c1. The van der Waals surface area contributed by atoms with Crippen molar-refractivity contribution in [3.05, 3.63) is 29.3 Å². The highest BCUT2D eigenvalue weighted by Crippen LogP contribution is 2.16. The average molecular weight is 208 g/mol. The predicted octanol–water partition coefficient (Wildman–Crippen LogP) is 0.542. The van der Waals surface area contributed by atoms with E-state index in [9.17, 15) is 4.79 Å². The number of nitrogens with two attached hydrogens (primary N) is 1. The number of aryl methyl sites for hydroxylation is 1. The molecule has 4 heteroatoms. The van der Waals surface area contributed by atoms with E-state index < -0.39 is 5.91 Å². The molecule has 0 aliphatic rings. The molecular formula is C11H14NO3. The van der Waals surface area contributed by atoms with Gasteiger partial charge in [-0.25, -0.2) is 0 Å². The van der Waals surface area contributed by atoms with Gasteiger partial charge in [-0.05, 0) is 36.2 Å². The molecule has 4 nitrogen and oxygen atoms in total. The summed E-state index contributed by atoms with van der Waals surface area (Å²) < 4.78 is 5.31. The predicted molar refractivity (Wildman–Crippen MR) is 55.2 cm³/mol. The monoisotopic (exact) mass is 208 g/mol. The molecule has 0 aliphatic heterocycles. The zero-order valence-electron chi connectivity index (χ0n) is 8.62. The number of hydrogen-bond donors (Lipinski definition) is 2. The third-order valence-electron chi connectivity index (χ3n) is 1.82. The molecule has 0 bridgehead atoms. The second-order valence-corrected chi connectivity index (χ2v) is 3.25. The molecule has 0 saturated heterocycles. The number of ether oxygens (including phenoxy) is 1. The van der Waals surface area contributed by atoms with E-state index in [2.05, 4.69) is 6.07 Å². The third-order valence-corrected chi connectivity index (χ3v) is 1.82. The van der Waals surface area contributed by atoms with Crippen LogP contribution in [0.4, 0.5) is 0 Å². The maximum atomic E-state index is 10.5. The number of primary amides is 1. The molecule has 0 aliphatic carbocycles. The number of rotatable bonds is 5. The first-order chi connectivity index (χ1) is 7.11. The Hall–Kier alpha value is -1.55. The maximum Gasteiger partial charge on any atom is 0.220 e. The quantitative estimate of drug-likeness (QED) is 0.741. The summed E-state index contributed by atoms with van der Waals surface area (Å²) in [5.74, 6) is 0.230. The Morgan fingerprint density at radius 2 is 2.33 bits per heavy atom. The molecule has 0 spiro atoms. The molecule has 15 heavy (non-hydrogen) atoms. The molecule has 0 atom stereocenters. The Bertz CT molecular complexity index is 350. The minimum atomic E-state index is -0.392. The lowest BCUT2D eigenvalue weighted by Crippen LogP contribution is -2.14. The van der Waals surface area contributed by atoms with Crippen molar-refractivity contribution in [1.82, 2.24) is 0 Å². The van der Waals surface area contributed by atoms with Gasteiger partial charge >= 0.3 is 0 Å². The van der Waals surface area contributed by atoms with Gasteiger partial charge in [0.1, 0.15) is 5.75 Å². The van der Waals surface area contributed by atoms with E-state index in [4.69, 9.17) is 15.6 Å². The van der Waals surface area contributed by atoms with Crippen molar-refractivity contribution in [3.63, 3.8) is 0 Å². The van der Waals surface area contributed by atoms with Crippen LogP contribution < -0.4 is 10.5 Å². The van der Waals surface area contributed by atoms with E-state index in [1.165, 1.54) is 0 Å². The molecule has 3 N–H and O–H groups in total. The van der Waals surface area contributed by atoms with Crippen LogP contribution in [0.1, 0.15) is 17.5 Å². The highest BCUT2D eigenvalue weighted by Gasteiger charge is 2.00.